The van der Waals surface area contributed by atoms with Gasteiger partial charge in [0.05, 0.1) is 0 Å². The van der Waals surface area contributed by atoms with Gasteiger partial charge in [-0.2, -0.15) is 0 Å². The molecule has 13 heavy (non-hydrogen) atoms. The average molecular weight is 186 g/mol. The first-order chi connectivity index (χ1) is 5.91. The van der Waals surface area contributed by atoms with E-state index in [-0.39, 0.29) is 6.42 Å². The van der Waals surface area contributed by atoms with E-state index in [0.29, 0.717) is 12.3 Å². The fraction of sp³-hybridized carbons (Fsp3) is 0.778. The minimum atomic E-state index is -1.05. The van der Waals surface area contributed by atoms with E-state index in [2.05, 4.69) is 0 Å². The molecule has 1 saturated heterocycles. The molecule has 1 rings (SSSR count). The standard InChI is InChI=1S/C9H14O4/c1-6(2)5-9(3)12-7(10)4-8(11)13-9/h6H,4-5H2,1-3H3. The van der Waals surface area contributed by atoms with Gasteiger partial charge >= 0.3 is 11.9 Å². The van der Waals surface area contributed by atoms with Gasteiger partial charge in [0, 0.05) is 13.3 Å². The molecule has 0 saturated carbocycles. The van der Waals surface area contributed by atoms with E-state index in [0.717, 1.165) is 0 Å². The fourth-order valence-corrected chi connectivity index (χ4v) is 1.52. The number of rotatable bonds is 2. The summed E-state index contributed by atoms with van der Waals surface area (Å²) in [5, 5.41) is 0. The Morgan fingerprint density at radius 1 is 1.31 bits per heavy atom. The van der Waals surface area contributed by atoms with E-state index in [1.807, 2.05) is 13.8 Å². The van der Waals surface area contributed by atoms with Gasteiger partial charge in [-0.1, -0.05) is 13.8 Å². The molecule has 0 aromatic carbocycles. The lowest BCUT2D eigenvalue weighted by molar-refractivity contribution is -0.241. The molecule has 0 unspecified atom stereocenters. The van der Waals surface area contributed by atoms with Crippen LogP contribution in [0.2, 0.25) is 0 Å². The summed E-state index contributed by atoms with van der Waals surface area (Å²) < 4.78 is 9.95. The summed E-state index contributed by atoms with van der Waals surface area (Å²) in [4.78, 5) is 21.9. The zero-order valence-electron chi connectivity index (χ0n) is 8.12. The Hall–Kier alpha value is -1.06. The van der Waals surface area contributed by atoms with Crippen molar-refractivity contribution < 1.29 is 19.1 Å². The average Bonchev–Trinajstić information content (AvgIpc) is 1.77. The summed E-state index contributed by atoms with van der Waals surface area (Å²) in [6.07, 6.45) is 0.262. The van der Waals surface area contributed by atoms with Gasteiger partial charge in [-0.05, 0) is 5.92 Å². The number of carbonyl (C=O) groups is 2. The van der Waals surface area contributed by atoms with Crippen LogP contribution in [-0.4, -0.2) is 17.7 Å². The molecule has 4 nitrogen and oxygen atoms in total. The van der Waals surface area contributed by atoms with E-state index in [1.165, 1.54) is 0 Å². The molecule has 0 atom stereocenters. The molecule has 1 fully saturated rings. The molecule has 1 aliphatic heterocycles. The lowest BCUT2D eigenvalue weighted by atomic mass is 10.0. The van der Waals surface area contributed by atoms with Crippen molar-refractivity contribution in [1.29, 1.82) is 0 Å². The largest absolute Gasteiger partial charge is 0.422 e. The van der Waals surface area contributed by atoms with Crippen molar-refractivity contribution in [3.8, 4) is 0 Å². The highest BCUT2D eigenvalue weighted by Gasteiger charge is 2.39. The minimum absolute atomic E-state index is 0.270. The molecule has 0 aliphatic carbocycles. The Labute approximate surface area is 77.2 Å². The molecule has 0 aromatic heterocycles. The third kappa shape index (κ3) is 2.72. The van der Waals surface area contributed by atoms with E-state index >= 15 is 0 Å². The molecule has 0 amide bonds. The highest BCUT2D eigenvalue weighted by atomic mass is 16.7. The topological polar surface area (TPSA) is 52.6 Å². The first-order valence-electron chi connectivity index (χ1n) is 4.35. The highest BCUT2D eigenvalue weighted by molar-refractivity contribution is 5.93. The van der Waals surface area contributed by atoms with Crippen LogP contribution in [0.1, 0.15) is 33.6 Å². The molecule has 0 radical (unpaired) electrons. The zero-order valence-corrected chi connectivity index (χ0v) is 8.12. The first-order valence-corrected chi connectivity index (χ1v) is 4.35. The summed E-state index contributed by atoms with van der Waals surface area (Å²) in [5.41, 5.74) is 0. The molecule has 4 heteroatoms. The Balaban J connectivity index is 2.66. The molecule has 0 bridgehead atoms. The van der Waals surface area contributed by atoms with Gasteiger partial charge in [-0.3, -0.25) is 9.59 Å². The van der Waals surface area contributed by atoms with Gasteiger partial charge < -0.3 is 9.47 Å². The lowest BCUT2D eigenvalue weighted by Gasteiger charge is -2.33. The summed E-state index contributed by atoms with van der Waals surface area (Å²) >= 11 is 0. The molecular weight excluding hydrogens is 172 g/mol. The third-order valence-electron chi connectivity index (χ3n) is 1.73. The van der Waals surface area contributed by atoms with E-state index in [4.69, 9.17) is 9.47 Å². The molecule has 0 N–H and O–H groups in total. The molecule has 1 heterocycles. The number of esters is 2. The Morgan fingerprint density at radius 2 is 1.77 bits per heavy atom. The monoisotopic (exact) mass is 186 g/mol. The number of hydrogen-bond donors (Lipinski definition) is 0. The third-order valence-corrected chi connectivity index (χ3v) is 1.73. The van der Waals surface area contributed by atoms with Crippen LogP contribution in [0.5, 0.6) is 0 Å². The maximum atomic E-state index is 10.9. The van der Waals surface area contributed by atoms with Gasteiger partial charge in [0.2, 0.25) is 0 Å². The quantitative estimate of drug-likeness (QED) is 0.481. The van der Waals surface area contributed by atoms with Crippen molar-refractivity contribution in [1.82, 2.24) is 0 Å². The van der Waals surface area contributed by atoms with Crippen molar-refractivity contribution in [2.45, 2.75) is 39.4 Å². The van der Waals surface area contributed by atoms with Crippen LogP contribution in [0.3, 0.4) is 0 Å². The van der Waals surface area contributed by atoms with Crippen molar-refractivity contribution >= 4 is 11.9 Å². The van der Waals surface area contributed by atoms with Crippen molar-refractivity contribution in [3.05, 3.63) is 0 Å². The minimum Gasteiger partial charge on any atom is -0.422 e. The second-order valence-electron chi connectivity index (χ2n) is 3.86. The smallest absolute Gasteiger partial charge is 0.320 e. The maximum Gasteiger partial charge on any atom is 0.320 e. The van der Waals surface area contributed by atoms with Crippen LogP contribution in [0, 0.1) is 5.92 Å². The van der Waals surface area contributed by atoms with E-state index in [1.54, 1.807) is 6.92 Å². The van der Waals surface area contributed by atoms with Gasteiger partial charge in [0.25, 0.3) is 5.79 Å². The first kappa shape index (κ1) is 10.0. The summed E-state index contributed by atoms with van der Waals surface area (Å²) in [6.45, 7) is 5.56. The summed E-state index contributed by atoms with van der Waals surface area (Å²) in [5.74, 6) is -1.75. The molecule has 74 valence electrons. The zero-order chi connectivity index (χ0) is 10.1. The van der Waals surface area contributed by atoms with Crippen LogP contribution in [0.4, 0.5) is 0 Å². The molecule has 1 aliphatic rings. The molecular formula is C9H14O4. The van der Waals surface area contributed by atoms with Crippen LogP contribution in [0.25, 0.3) is 0 Å². The SMILES string of the molecule is CC(C)CC1(C)OC(=O)CC(=O)O1. The molecule has 0 spiro atoms. The Bertz CT molecular complexity index is 216. The second kappa shape index (κ2) is 3.36. The van der Waals surface area contributed by atoms with Crippen LogP contribution in [-0.2, 0) is 19.1 Å². The van der Waals surface area contributed by atoms with Gasteiger partial charge in [0.1, 0.15) is 6.42 Å². The number of cyclic esters (lactones) is 2. The normalized spacial score (nSPS) is 21.2. The maximum absolute atomic E-state index is 10.9. The number of carbonyl (C=O) groups excluding carboxylic acids is 2. The van der Waals surface area contributed by atoms with Crippen LogP contribution < -0.4 is 0 Å². The molecule has 0 aromatic rings. The highest BCUT2D eigenvalue weighted by Crippen LogP contribution is 2.26. The van der Waals surface area contributed by atoms with Crippen molar-refractivity contribution in [2.24, 2.45) is 5.92 Å². The van der Waals surface area contributed by atoms with E-state index in [9.17, 15) is 9.59 Å². The second-order valence-corrected chi connectivity index (χ2v) is 3.86. The Morgan fingerprint density at radius 3 is 2.15 bits per heavy atom. The summed E-state index contributed by atoms with van der Waals surface area (Å²) in [7, 11) is 0. The van der Waals surface area contributed by atoms with Gasteiger partial charge in [-0.15, -0.1) is 0 Å². The van der Waals surface area contributed by atoms with Crippen molar-refractivity contribution in [2.75, 3.05) is 0 Å². The van der Waals surface area contributed by atoms with Gasteiger partial charge in [0.15, 0.2) is 0 Å². The number of ether oxygens (including phenoxy) is 2. The lowest BCUT2D eigenvalue weighted by Crippen LogP contribution is -2.43. The van der Waals surface area contributed by atoms with E-state index < -0.39 is 17.7 Å². The van der Waals surface area contributed by atoms with Crippen molar-refractivity contribution in [3.63, 3.8) is 0 Å². The Kier molecular flexibility index (Phi) is 2.59. The predicted molar refractivity (Wildman–Crippen MR) is 44.7 cm³/mol. The summed E-state index contributed by atoms with van der Waals surface area (Å²) in [6, 6.07) is 0. The van der Waals surface area contributed by atoms with Crippen LogP contribution in [0.15, 0.2) is 0 Å². The fourth-order valence-electron chi connectivity index (χ4n) is 1.52. The van der Waals surface area contributed by atoms with Crippen LogP contribution >= 0.6 is 0 Å². The predicted octanol–water partition coefficient (Wildman–Crippen LogP) is 1.24. The van der Waals surface area contributed by atoms with Gasteiger partial charge in [-0.25, -0.2) is 0 Å². The number of hydrogen-bond acceptors (Lipinski definition) is 4.